The molecule has 0 spiro atoms. The van der Waals surface area contributed by atoms with Crippen molar-refractivity contribution < 1.29 is 14.6 Å². The third-order valence-corrected chi connectivity index (χ3v) is 3.78. The zero-order valence-electron chi connectivity index (χ0n) is 11.7. The lowest BCUT2D eigenvalue weighted by molar-refractivity contribution is -0.102. The molecular formula is C15H21NO3. The molecule has 4 heteroatoms. The van der Waals surface area contributed by atoms with Crippen LogP contribution in [-0.4, -0.2) is 40.8 Å². The molecule has 1 aromatic rings. The summed E-state index contributed by atoms with van der Waals surface area (Å²) in [5.41, 5.74) is 1.47. The Hall–Kier alpha value is -1.39. The second-order valence-corrected chi connectivity index (χ2v) is 5.32. The second-order valence-electron chi connectivity index (χ2n) is 5.32. The van der Waals surface area contributed by atoms with Gasteiger partial charge in [-0.3, -0.25) is 4.90 Å². The lowest BCUT2D eigenvalue weighted by Gasteiger charge is -2.41. The fourth-order valence-electron chi connectivity index (χ4n) is 2.51. The highest BCUT2D eigenvalue weighted by molar-refractivity contribution is 5.87. The molecule has 1 saturated heterocycles. The molecule has 19 heavy (non-hydrogen) atoms. The average Bonchev–Trinajstić information content (AvgIpc) is 2.36. The zero-order valence-corrected chi connectivity index (χ0v) is 11.7. The lowest BCUT2D eigenvalue weighted by atomic mass is 10.1. The summed E-state index contributed by atoms with van der Waals surface area (Å²) in [5, 5.41) is 8.88. The fourth-order valence-corrected chi connectivity index (χ4v) is 2.51. The third-order valence-electron chi connectivity index (χ3n) is 3.78. The van der Waals surface area contributed by atoms with Crippen molar-refractivity contribution in [1.82, 2.24) is 4.90 Å². The number of rotatable bonds is 3. The van der Waals surface area contributed by atoms with Crippen LogP contribution in [-0.2, 0) is 11.3 Å². The molecule has 0 aliphatic carbocycles. The maximum atomic E-state index is 10.8. The van der Waals surface area contributed by atoms with Crippen LogP contribution in [0.1, 0.15) is 36.7 Å². The molecule has 0 saturated carbocycles. The van der Waals surface area contributed by atoms with Crippen molar-refractivity contribution in [1.29, 1.82) is 0 Å². The smallest absolute Gasteiger partial charge is 0.335 e. The monoisotopic (exact) mass is 263 g/mol. The molecular weight excluding hydrogens is 242 g/mol. The Morgan fingerprint density at radius 2 is 1.95 bits per heavy atom. The fraction of sp³-hybridized carbons (Fsp3) is 0.533. The summed E-state index contributed by atoms with van der Waals surface area (Å²) in [5.74, 6) is -0.881. The Balaban J connectivity index is 2.05. The molecule has 3 atom stereocenters. The van der Waals surface area contributed by atoms with Crippen molar-refractivity contribution in [3.63, 3.8) is 0 Å². The van der Waals surface area contributed by atoms with E-state index >= 15 is 0 Å². The van der Waals surface area contributed by atoms with Crippen LogP contribution in [0.4, 0.5) is 0 Å². The molecule has 104 valence electrons. The maximum absolute atomic E-state index is 10.8. The number of ether oxygens (including phenoxy) is 1. The lowest BCUT2D eigenvalue weighted by Crippen LogP contribution is -2.51. The molecule has 0 aromatic heterocycles. The standard InChI is InChI=1S/C15H21NO3/c1-10-8-16(11(2)12(3)19-10)9-13-4-6-14(7-5-13)15(17)18/h4-7,10-12H,8-9H2,1-3H3,(H,17,18). The first kappa shape index (κ1) is 14.0. The Kier molecular flexibility index (Phi) is 4.22. The van der Waals surface area contributed by atoms with Crippen LogP contribution in [0.2, 0.25) is 0 Å². The van der Waals surface area contributed by atoms with Gasteiger partial charge >= 0.3 is 5.97 Å². The molecule has 1 fully saturated rings. The summed E-state index contributed by atoms with van der Waals surface area (Å²) in [7, 11) is 0. The number of carbonyl (C=O) groups is 1. The van der Waals surface area contributed by atoms with Gasteiger partial charge in [-0.1, -0.05) is 12.1 Å². The van der Waals surface area contributed by atoms with E-state index in [4.69, 9.17) is 9.84 Å². The quantitative estimate of drug-likeness (QED) is 0.909. The third kappa shape index (κ3) is 3.33. The predicted octanol–water partition coefficient (Wildman–Crippen LogP) is 2.38. The van der Waals surface area contributed by atoms with Crippen molar-refractivity contribution in [2.24, 2.45) is 0 Å². The van der Waals surface area contributed by atoms with Gasteiger partial charge in [0, 0.05) is 19.1 Å². The summed E-state index contributed by atoms with van der Waals surface area (Å²) in [6.45, 7) is 8.09. The number of carboxylic acid groups (broad SMARTS) is 1. The maximum Gasteiger partial charge on any atom is 0.335 e. The molecule has 1 aliphatic rings. The van der Waals surface area contributed by atoms with Gasteiger partial charge in [-0.25, -0.2) is 4.79 Å². The van der Waals surface area contributed by atoms with Crippen LogP contribution in [0.3, 0.4) is 0 Å². The predicted molar refractivity (Wildman–Crippen MR) is 73.3 cm³/mol. The molecule has 1 heterocycles. The van der Waals surface area contributed by atoms with Gasteiger partial charge in [-0.2, -0.15) is 0 Å². The summed E-state index contributed by atoms with van der Waals surface area (Å²) < 4.78 is 5.80. The van der Waals surface area contributed by atoms with Crippen molar-refractivity contribution in [3.05, 3.63) is 35.4 Å². The van der Waals surface area contributed by atoms with Gasteiger partial charge < -0.3 is 9.84 Å². The molecule has 1 aromatic carbocycles. The van der Waals surface area contributed by atoms with Gasteiger partial charge in [0.1, 0.15) is 0 Å². The Morgan fingerprint density at radius 3 is 2.53 bits per heavy atom. The molecule has 1 aliphatic heterocycles. The molecule has 2 rings (SSSR count). The van der Waals surface area contributed by atoms with E-state index in [1.807, 2.05) is 12.1 Å². The first-order chi connectivity index (χ1) is 8.97. The van der Waals surface area contributed by atoms with Crippen LogP contribution in [0.5, 0.6) is 0 Å². The number of hydrogen-bond donors (Lipinski definition) is 1. The summed E-state index contributed by atoms with van der Waals surface area (Å²) >= 11 is 0. The normalized spacial score (nSPS) is 28.3. The number of hydrogen-bond acceptors (Lipinski definition) is 3. The van der Waals surface area contributed by atoms with Gasteiger partial charge in [0.05, 0.1) is 17.8 Å². The minimum Gasteiger partial charge on any atom is -0.478 e. The second kappa shape index (κ2) is 5.72. The van der Waals surface area contributed by atoms with E-state index in [0.717, 1.165) is 18.7 Å². The van der Waals surface area contributed by atoms with Gasteiger partial charge in [0.25, 0.3) is 0 Å². The van der Waals surface area contributed by atoms with Crippen LogP contribution in [0.15, 0.2) is 24.3 Å². The molecule has 1 N–H and O–H groups in total. The van der Waals surface area contributed by atoms with Crippen LogP contribution < -0.4 is 0 Å². The highest BCUT2D eigenvalue weighted by Crippen LogP contribution is 2.20. The zero-order chi connectivity index (χ0) is 14.0. The number of aromatic carboxylic acids is 1. The number of morpholine rings is 1. The summed E-state index contributed by atoms with van der Waals surface area (Å²) in [6, 6.07) is 7.48. The minimum absolute atomic E-state index is 0.224. The largest absolute Gasteiger partial charge is 0.478 e. The summed E-state index contributed by atoms with van der Waals surface area (Å²) in [6.07, 6.45) is 0.464. The summed E-state index contributed by atoms with van der Waals surface area (Å²) in [4.78, 5) is 13.2. The Bertz CT molecular complexity index is 443. The van der Waals surface area contributed by atoms with Crippen molar-refractivity contribution in [2.75, 3.05) is 6.54 Å². The topological polar surface area (TPSA) is 49.8 Å². The van der Waals surface area contributed by atoms with Crippen molar-refractivity contribution >= 4 is 5.97 Å². The molecule has 0 bridgehead atoms. The number of benzene rings is 1. The van der Waals surface area contributed by atoms with Crippen LogP contribution in [0, 0.1) is 0 Å². The van der Waals surface area contributed by atoms with Gasteiger partial charge in [0.2, 0.25) is 0 Å². The van der Waals surface area contributed by atoms with Crippen LogP contribution in [0.25, 0.3) is 0 Å². The van der Waals surface area contributed by atoms with E-state index < -0.39 is 5.97 Å². The van der Waals surface area contributed by atoms with E-state index in [2.05, 4.69) is 25.7 Å². The first-order valence-electron chi connectivity index (χ1n) is 6.69. The Morgan fingerprint density at radius 1 is 1.32 bits per heavy atom. The van der Waals surface area contributed by atoms with Crippen molar-refractivity contribution in [3.8, 4) is 0 Å². The molecule has 3 unspecified atom stereocenters. The highest BCUT2D eigenvalue weighted by atomic mass is 16.5. The number of nitrogens with zero attached hydrogens (tertiary/aromatic N) is 1. The van der Waals surface area contributed by atoms with E-state index in [1.54, 1.807) is 12.1 Å². The van der Waals surface area contributed by atoms with E-state index in [-0.39, 0.29) is 12.2 Å². The van der Waals surface area contributed by atoms with Gasteiger partial charge in [-0.15, -0.1) is 0 Å². The highest BCUT2D eigenvalue weighted by Gasteiger charge is 2.29. The van der Waals surface area contributed by atoms with E-state index in [0.29, 0.717) is 11.6 Å². The molecule has 0 radical (unpaired) electrons. The van der Waals surface area contributed by atoms with Crippen molar-refractivity contribution in [2.45, 2.75) is 45.6 Å². The molecule has 0 amide bonds. The first-order valence-corrected chi connectivity index (χ1v) is 6.69. The van der Waals surface area contributed by atoms with Gasteiger partial charge in [-0.05, 0) is 38.5 Å². The van der Waals surface area contributed by atoms with E-state index in [1.165, 1.54) is 0 Å². The Labute approximate surface area is 114 Å². The van der Waals surface area contributed by atoms with Crippen LogP contribution >= 0.6 is 0 Å². The average molecular weight is 263 g/mol. The number of carboxylic acids is 1. The van der Waals surface area contributed by atoms with E-state index in [9.17, 15) is 4.79 Å². The van der Waals surface area contributed by atoms with Gasteiger partial charge in [0.15, 0.2) is 0 Å². The minimum atomic E-state index is -0.881. The molecule has 4 nitrogen and oxygen atoms in total. The SMILES string of the molecule is CC1CN(Cc2ccc(C(=O)O)cc2)C(C)C(C)O1.